The van der Waals surface area contributed by atoms with Crippen molar-refractivity contribution >= 4 is 17.3 Å². The Kier molecular flexibility index (Phi) is 5.00. The quantitative estimate of drug-likeness (QED) is 0.695. The molecule has 0 aliphatic heterocycles. The number of aliphatic hydroxyl groups is 2. The van der Waals surface area contributed by atoms with E-state index in [0.29, 0.717) is 35.2 Å². The Balaban J connectivity index is 2.28. The number of rotatable bonds is 6. The predicted molar refractivity (Wildman–Crippen MR) is 84.3 cm³/mol. The van der Waals surface area contributed by atoms with Crippen LogP contribution >= 0.6 is 11.6 Å². The van der Waals surface area contributed by atoms with Crippen LogP contribution in [-0.2, 0) is 6.42 Å². The van der Waals surface area contributed by atoms with Crippen molar-refractivity contribution in [2.75, 3.05) is 11.9 Å². The lowest BCUT2D eigenvalue weighted by molar-refractivity contribution is 0.0945. The Hall–Kier alpha value is -1.70. The summed E-state index contributed by atoms with van der Waals surface area (Å²) >= 11 is 5.94. The molecule has 0 saturated heterocycles. The molecule has 0 bridgehead atoms. The SMILES string of the molecule is CC(O)Cc1cn(-c2cnc(Cl)cc2NCC(C)(C)O)nn1. The second-order valence-corrected chi connectivity index (χ2v) is 6.29. The molecule has 2 aromatic heterocycles. The van der Waals surface area contributed by atoms with E-state index in [1.807, 2.05) is 0 Å². The van der Waals surface area contributed by atoms with Gasteiger partial charge in [0.2, 0.25) is 0 Å². The number of aromatic nitrogens is 4. The molecule has 0 aliphatic rings. The van der Waals surface area contributed by atoms with Crippen molar-refractivity contribution in [2.24, 2.45) is 0 Å². The first-order chi connectivity index (χ1) is 10.2. The van der Waals surface area contributed by atoms with E-state index in [2.05, 4.69) is 20.6 Å². The maximum atomic E-state index is 9.84. The van der Waals surface area contributed by atoms with Crippen LogP contribution in [0.2, 0.25) is 5.15 Å². The molecule has 7 nitrogen and oxygen atoms in total. The normalized spacial score (nSPS) is 13.2. The van der Waals surface area contributed by atoms with Crippen molar-refractivity contribution in [1.29, 1.82) is 0 Å². The van der Waals surface area contributed by atoms with Crippen LogP contribution in [0.15, 0.2) is 18.5 Å². The van der Waals surface area contributed by atoms with Crippen molar-refractivity contribution in [3.8, 4) is 5.69 Å². The Bertz CT molecular complexity index is 636. The lowest BCUT2D eigenvalue weighted by Gasteiger charge is -2.20. The van der Waals surface area contributed by atoms with Crippen molar-refractivity contribution in [3.05, 3.63) is 29.3 Å². The number of aliphatic hydroxyl groups excluding tert-OH is 1. The zero-order valence-electron chi connectivity index (χ0n) is 12.8. The highest BCUT2D eigenvalue weighted by Gasteiger charge is 2.15. The molecule has 22 heavy (non-hydrogen) atoms. The molecule has 0 aromatic carbocycles. The molecule has 8 heteroatoms. The second kappa shape index (κ2) is 6.60. The van der Waals surface area contributed by atoms with Gasteiger partial charge in [0.25, 0.3) is 0 Å². The van der Waals surface area contributed by atoms with Crippen molar-refractivity contribution < 1.29 is 10.2 Å². The molecule has 0 radical (unpaired) electrons. The highest BCUT2D eigenvalue weighted by molar-refractivity contribution is 6.29. The fourth-order valence-electron chi connectivity index (χ4n) is 1.87. The summed E-state index contributed by atoms with van der Waals surface area (Å²) in [7, 11) is 0. The van der Waals surface area contributed by atoms with Crippen LogP contribution in [0.3, 0.4) is 0 Å². The van der Waals surface area contributed by atoms with Crippen molar-refractivity contribution in [2.45, 2.75) is 38.9 Å². The van der Waals surface area contributed by atoms with Crippen LogP contribution in [0.25, 0.3) is 5.69 Å². The fraction of sp³-hybridized carbons (Fsp3) is 0.500. The summed E-state index contributed by atoms with van der Waals surface area (Å²) < 4.78 is 1.56. The lowest BCUT2D eigenvalue weighted by atomic mass is 10.1. The third kappa shape index (κ3) is 4.66. The van der Waals surface area contributed by atoms with Gasteiger partial charge in [-0.1, -0.05) is 16.8 Å². The van der Waals surface area contributed by atoms with Gasteiger partial charge >= 0.3 is 0 Å². The van der Waals surface area contributed by atoms with Gasteiger partial charge in [-0.3, -0.25) is 0 Å². The number of hydrogen-bond donors (Lipinski definition) is 3. The minimum absolute atomic E-state index is 0.339. The third-order valence-corrected chi connectivity index (χ3v) is 3.06. The summed E-state index contributed by atoms with van der Waals surface area (Å²) in [6.07, 6.45) is 3.25. The molecule has 0 fully saturated rings. The first-order valence-corrected chi connectivity index (χ1v) is 7.34. The maximum absolute atomic E-state index is 9.84. The van der Waals surface area contributed by atoms with Crippen LogP contribution in [0.5, 0.6) is 0 Å². The molecule has 0 aliphatic carbocycles. The fourth-order valence-corrected chi connectivity index (χ4v) is 2.03. The van der Waals surface area contributed by atoms with E-state index in [4.69, 9.17) is 11.6 Å². The Morgan fingerprint density at radius 1 is 1.45 bits per heavy atom. The van der Waals surface area contributed by atoms with Gasteiger partial charge in [-0.05, 0) is 20.8 Å². The summed E-state index contributed by atoms with van der Waals surface area (Å²) in [6, 6.07) is 1.67. The maximum Gasteiger partial charge on any atom is 0.131 e. The van der Waals surface area contributed by atoms with Crippen LogP contribution in [0.1, 0.15) is 26.5 Å². The number of hydrogen-bond acceptors (Lipinski definition) is 6. The number of anilines is 1. The van der Waals surface area contributed by atoms with E-state index in [0.717, 1.165) is 0 Å². The van der Waals surface area contributed by atoms with Gasteiger partial charge in [0.15, 0.2) is 0 Å². The third-order valence-electron chi connectivity index (χ3n) is 2.85. The van der Waals surface area contributed by atoms with E-state index >= 15 is 0 Å². The average Bonchev–Trinajstić information content (AvgIpc) is 2.83. The van der Waals surface area contributed by atoms with Crippen LogP contribution in [0.4, 0.5) is 5.69 Å². The van der Waals surface area contributed by atoms with Gasteiger partial charge < -0.3 is 15.5 Å². The Labute approximate surface area is 133 Å². The number of nitrogens with zero attached hydrogens (tertiary/aromatic N) is 4. The smallest absolute Gasteiger partial charge is 0.131 e. The first kappa shape index (κ1) is 16.7. The summed E-state index contributed by atoms with van der Waals surface area (Å²) in [5.74, 6) is 0. The molecular formula is C14H20ClN5O2. The van der Waals surface area contributed by atoms with Gasteiger partial charge in [0.05, 0.1) is 35.5 Å². The molecule has 2 aromatic rings. The molecular weight excluding hydrogens is 306 g/mol. The van der Waals surface area contributed by atoms with Crippen molar-refractivity contribution in [3.63, 3.8) is 0 Å². The van der Waals surface area contributed by atoms with E-state index in [1.165, 1.54) is 0 Å². The van der Waals surface area contributed by atoms with E-state index in [1.54, 1.807) is 43.9 Å². The van der Waals surface area contributed by atoms with Gasteiger partial charge in [-0.25, -0.2) is 9.67 Å². The highest BCUT2D eigenvalue weighted by atomic mass is 35.5. The van der Waals surface area contributed by atoms with E-state index in [9.17, 15) is 10.2 Å². The molecule has 2 rings (SSSR count). The molecule has 2 heterocycles. The summed E-state index contributed by atoms with van der Waals surface area (Å²) in [6.45, 7) is 5.45. The van der Waals surface area contributed by atoms with Gasteiger partial charge in [-0.15, -0.1) is 5.10 Å². The molecule has 1 atom stereocenters. The van der Waals surface area contributed by atoms with Gasteiger partial charge in [0.1, 0.15) is 10.8 Å². The molecule has 120 valence electrons. The zero-order chi connectivity index (χ0) is 16.3. The lowest BCUT2D eigenvalue weighted by Crippen LogP contribution is -2.29. The number of pyridine rings is 1. The average molecular weight is 326 g/mol. The second-order valence-electron chi connectivity index (χ2n) is 5.90. The van der Waals surface area contributed by atoms with Crippen molar-refractivity contribution in [1.82, 2.24) is 20.0 Å². The number of halogens is 1. The Morgan fingerprint density at radius 3 is 2.82 bits per heavy atom. The highest BCUT2D eigenvalue weighted by Crippen LogP contribution is 2.23. The number of nitrogens with one attached hydrogen (secondary N) is 1. The first-order valence-electron chi connectivity index (χ1n) is 6.96. The standard InChI is InChI=1S/C14H20ClN5O2/c1-9(21)4-10-7-20(19-18-10)12-6-16-13(15)5-11(12)17-8-14(2,3)22/h5-7,9,21-22H,4,8H2,1-3H3,(H,16,17). The van der Waals surface area contributed by atoms with Crippen LogP contribution in [0, 0.1) is 0 Å². The van der Waals surface area contributed by atoms with Gasteiger partial charge in [-0.2, -0.15) is 0 Å². The molecule has 1 unspecified atom stereocenters. The molecule has 0 amide bonds. The van der Waals surface area contributed by atoms with E-state index in [-0.39, 0.29) is 0 Å². The molecule has 3 N–H and O–H groups in total. The molecule has 0 saturated carbocycles. The largest absolute Gasteiger partial charge is 0.393 e. The summed E-state index contributed by atoms with van der Waals surface area (Å²) in [5.41, 5.74) is 1.17. The zero-order valence-corrected chi connectivity index (χ0v) is 13.5. The van der Waals surface area contributed by atoms with Crippen LogP contribution < -0.4 is 5.32 Å². The predicted octanol–water partition coefficient (Wildman–Crippen LogP) is 1.42. The topological polar surface area (TPSA) is 96.1 Å². The van der Waals surface area contributed by atoms with Crippen LogP contribution in [-0.4, -0.2) is 48.4 Å². The Morgan fingerprint density at radius 2 is 2.18 bits per heavy atom. The minimum atomic E-state index is -0.868. The summed E-state index contributed by atoms with van der Waals surface area (Å²) in [5, 5.41) is 30.8. The van der Waals surface area contributed by atoms with E-state index < -0.39 is 11.7 Å². The molecule has 0 spiro atoms. The summed E-state index contributed by atoms with van der Waals surface area (Å²) in [4.78, 5) is 4.06. The monoisotopic (exact) mass is 325 g/mol. The van der Waals surface area contributed by atoms with Gasteiger partial charge in [0, 0.05) is 19.0 Å². The minimum Gasteiger partial charge on any atom is -0.393 e.